The van der Waals surface area contributed by atoms with Gasteiger partial charge in [0.2, 0.25) is 5.91 Å². The average molecular weight is 255 g/mol. The summed E-state index contributed by atoms with van der Waals surface area (Å²) in [5.74, 6) is 0.520. The molecule has 92 valence electrons. The highest BCUT2D eigenvalue weighted by molar-refractivity contribution is 6.31. The monoisotopic (exact) mass is 254 g/mol. The fraction of sp³-hybridized carbons (Fsp3) is 0.417. The lowest BCUT2D eigenvalue weighted by Gasteiger charge is -2.10. The van der Waals surface area contributed by atoms with Gasteiger partial charge in [-0.25, -0.2) is 0 Å². The maximum Gasteiger partial charge on any atom is 0.238 e. The molecule has 0 saturated heterocycles. The highest BCUT2D eigenvalue weighted by Crippen LogP contribution is 2.27. The Kier molecular flexibility index (Phi) is 3.86. The summed E-state index contributed by atoms with van der Waals surface area (Å²) in [6.07, 6.45) is 2.32. The maximum atomic E-state index is 11.7. The van der Waals surface area contributed by atoms with Crippen LogP contribution in [0.25, 0.3) is 0 Å². The van der Waals surface area contributed by atoms with Crippen molar-refractivity contribution in [2.75, 3.05) is 19.0 Å². The van der Waals surface area contributed by atoms with Crippen LogP contribution in [0.2, 0.25) is 5.02 Å². The number of benzene rings is 1. The standard InChI is InChI=1S/C12H15ClN2O2/c1-17-11-5-2-8(13)6-10(11)15-12(16)7-14-9-3-4-9/h2,5-6,9,14H,3-4,7H2,1H3,(H,15,16). The topological polar surface area (TPSA) is 50.4 Å². The van der Waals surface area contributed by atoms with Gasteiger partial charge >= 0.3 is 0 Å². The van der Waals surface area contributed by atoms with E-state index in [9.17, 15) is 4.79 Å². The van der Waals surface area contributed by atoms with Crippen LogP contribution in [0.5, 0.6) is 5.75 Å². The van der Waals surface area contributed by atoms with Gasteiger partial charge in [0.05, 0.1) is 19.3 Å². The van der Waals surface area contributed by atoms with Crippen molar-refractivity contribution in [3.63, 3.8) is 0 Å². The Morgan fingerprint density at radius 3 is 2.94 bits per heavy atom. The van der Waals surface area contributed by atoms with Crippen LogP contribution in [-0.2, 0) is 4.79 Å². The highest BCUT2D eigenvalue weighted by atomic mass is 35.5. The molecule has 0 spiro atoms. The minimum absolute atomic E-state index is 0.0857. The van der Waals surface area contributed by atoms with Crippen molar-refractivity contribution >= 4 is 23.2 Å². The summed E-state index contributed by atoms with van der Waals surface area (Å²) in [5.41, 5.74) is 0.600. The van der Waals surface area contributed by atoms with Crippen LogP contribution >= 0.6 is 11.6 Å². The second kappa shape index (κ2) is 5.38. The molecular formula is C12H15ClN2O2. The summed E-state index contributed by atoms with van der Waals surface area (Å²) in [6, 6.07) is 5.64. The molecule has 4 nitrogen and oxygen atoms in total. The number of nitrogens with one attached hydrogen (secondary N) is 2. The summed E-state index contributed by atoms with van der Waals surface area (Å²) in [5, 5.41) is 6.48. The van der Waals surface area contributed by atoms with Crippen LogP contribution in [0, 0.1) is 0 Å². The van der Waals surface area contributed by atoms with E-state index in [-0.39, 0.29) is 5.91 Å². The van der Waals surface area contributed by atoms with E-state index in [0.717, 1.165) is 12.8 Å². The summed E-state index contributed by atoms with van der Waals surface area (Å²) in [4.78, 5) is 11.7. The molecule has 17 heavy (non-hydrogen) atoms. The number of halogens is 1. The third-order valence-electron chi connectivity index (χ3n) is 2.56. The zero-order valence-corrected chi connectivity index (χ0v) is 10.4. The molecule has 0 aromatic heterocycles. The maximum absolute atomic E-state index is 11.7. The molecular weight excluding hydrogens is 240 g/mol. The van der Waals surface area contributed by atoms with Crippen molar-refractivity contribution in [3.8, 4) is 5.75 Å². The lowest BCUT2D eigenvalue weighted by atomic mass is 10.3. The van der Waals surface area contributed by atoms with Crippen molar-refractivity contribution in [2.24, 2.45) is 0 Å². The van der Waals surface area contributed by atoms with Gasteiger partial charge in [-0.1, -0.05) is 11.6 Å². The van der Waals surface area contributed by atoms with Gasteiger partial charge in [-0.2, -0.15) is 0 Å². The van der Waals surface area contributed by atoms with Crippen molar-refractivity contribution in [2.45, 2.75) is 18.9 Å². The Labute approximate surface area is 105 Å². The molecule has 1 aromatic carbocycles. The van der Waals surface area contributed by atoms with Gasteiger partial charge in [0.25, 0.3) is 0 Å². The van der Waals surface area contributed by atoms with E-state index in [1.807, 2.05) is 0 Å². The Morgan fingerprint density at radius 2 is 2.29 bits per heavy atom. The summed E-state index contributed by atoms with van der Waals surface area (Å²) in [6.45, 7) is 0.320. The van der Waals surface area contributed by atoms with E-state index in [0.29, 0.717) is 29.0 Å². The van der Waals surface area contributed by atoms with Crippen LogP contribution in [-0.4, -0.2) is 25.6 Å². The van der Waals surface area contributed by atoms with E-state index < -0.39 is 0 Å². The number of hydrogen-bond acceptors (Lipinski definition) is 3. The Balaban J connectivity index is 1.95. The first kappa shape index (κ1) is 12.2. The molecule has 2 rings (SSSR count). The van der Waals surface area contributed by atoms with E-state index in [4.69, 9.17) is 16.3 Å². The molecule has 0 atom stereocenters. The number of rotatable bonds is 5. The molecule has 2 N–H and O–H groups in total. The van der Waals surface area contributed by atoms with Gasteiger partial charge in [-0.05, 0) is 31.0 Å². The minimum Gasteiger partial charge on any atom is -0.495 e. The smallest absolute Gasteiger partial charge is 0.238 e. The van der Waals surface area contributed by atoms with E-state index in [1.54, 1.807) is 25.3 Å². The van der Waals surface area contributed by atoms with E-state index >= 15 is 0 Å². The number of anilines is 1. The predicted octanol–water partition coefficient (Wildman–Crippen LogP) is 2.04. The number of amides is 1. The normalized spacial score (nSPS) is 14.5. The van der Waals surface area contributed by atoms with Gasteiger partial charge in [-0.15, -0.1) is 0 Å². The molecule has 1 fully saturated rings. The largest absolute Gasteiger partial charge is 0.495 e. The third kappa shape index (κ3) is 3.61. The fourth-order valence-electron chi connectivity index (χ4n) is 1.50. The first-order chi connectivity index (χ1) is 8.19. The first-order valence-corrected chi connectivity index (χ1v) is 5.93. The van der Waals surface area contributed by atoms with Gasteiger partial charge in [0.15, 0.2) is 0 Å². The number of carbonyl (C=O) groups is 1. The van der Waals surface area contributed by atoms with Crippen molar-refractivity contribution in [1.82, 2.24) is 5.32 Å². The third-order valence-corrected chi connectivity index (χ3v) is 2.80. The molecule has 1 aromatic rings. The zero-order chi connectivity index (χ0) is 12.3. The van der Waals surface area contributed by atoms with Crippen molar-refractivity contribution in [3.05, 3.63) is 23.2 Å². The average Bonchev–Trinajstić information content (AvgIpc) is 3.10. The molecule has 1 amide bonds. The Bertz CT molecular complexity index is 419. The molecule has 0 heterocycles. The fourth-order valence-corrected chi connectivity index (χ4v) is 1.67. The molecule has 0 aliphatic heterocycles. The predicted molar refractivity (Wildman–Crippen MR) is 67.7 cm³/mol. The highest BCUT2D eigenvalue weighted by Gasteiger charge is 2.21. The van der Waals surface area contributed by atoms with Crippen LogP contribution in [0.4, 0.5) is 5.69 Å². The van der Waals surface area contributed by atoms with Crippen LogP contribution < -0.4 is 15.4 Å². The molecule has 1 aliphatic carbocycles. The number of carbonyl (C=O) groups excluding carboxylic acids is 1. The second-order valence-corrected chi connectivity index (χ2v) is 4.48. The van der Waals surface area contributed by atoms with E-state index in [1.165, 1.54) is 0 Å². The van der Waals surface area contributed by atoms with Crippen molar-refractivity contribution in [1.29, 1.82) is 0 Å². The van der Waals surface area contributed by atoms with Gasteiger partial charge in [0.1, 0.15) is 5.75 Å². The van der Waals surface area contributed by atoms with Gasteiger partial charge in [0, 0.05) is 11.1 Å². The van der Waals surface area contributed by atoms with Crippen LogP contribution in [0.15, 0.2) is 18.2 Å². The SMILES string of the molecule is COc1ccc(Cl)cc1NC(=O)CNC1CC1. The zero-order valence-electron chi connectivity index (χ0n) is 9.63. The summed E-state index contributed by atoms with van der Waals surface area (Å²) >= 11 is 5.87. The number of hydrogen-bond donors (Lipinski definition) is 2. The summed E-state index contributed by atoms with van der Waals surface area (Å²) in [7, 11) is 1.56. The second-order valence-electron chi connectivity index (χ2n) is 4.05. The molecule has 0 bridgehead atoms. The molecule has 1 aliphatic rings. The van der Waals surface area contributed by atoms with Crippen molar-refractivity contribution < 1.29 is 9.53 Å². The molecule has 1 saturated carbocycles. The molecule has 5 heteroatoms. The quantitative estimate of drug-likeness (QED) is 0.846. The lowest BCUT2D eigenvalue weighted by Crippen LogP contribution is -2.29. The summed E-state index contributed by atoms with van der Waals surface area (Å²) < 4.78 is 5.15. The molecule has 0 radical (unpaired) electrons. The first-order valence-electron chi connectivity index (χ1n) is 5.56. The Hall–Kier alpha value is -1.26. The van der Waals surface area contributed by atoms with Crippen LogP contribution in [0.3, 0.4) is 0 Å². The Morgan fingerprint density at radius 1 is 1.53 bits per heavy atom. The minimum atomic E-state index is -0.0857. The lowest BCUT2D eigenvalue weighted by molar-refractivity contribution is -0.115. The molecule has 0 unspecified atom stereocenters. The van der Waals surface area contributed by atoms with Crippen LogP contribution in [0.1, 0.15) is 12.8 Å². The van der Waals surface area contributed by atoms with Gasteiger partial charge in [-0.3, -0.25) is 4.79 Å². The van der Waals surface area contributed by atoms with Gasteiger partial charge < -0.3 is 15.4 Å². The number of methoxy groups -OCH3 is 1. The van der Waals surface area contributed by atoms with E-state index in [2.05, 4.69) is 10.6 Å². The number of ether oxygens (including phenoxy) is 1.